The van der Waals surface area contributed by atoms with Crippen LogP contribution in [0.15, 0.2) is 12.1 Å². The molecule has 0 aliphatic carbocycles. The Morgan fingerprint density at radius 3 is 2.65 bits per heavy atom. The first-order chi connectivity index (χ1) is 9.54. The number of hydrogen-bond donors (Lipinski definition) is 0. The van der Waals surface area contributed by atoms with E-state index in [1.54, 1.807) is 13.0 Å². The summed E-state index contributed by atoms with van der Waals surface area (Å²) in [4.78, 5) is 22.0. The maximum Gasteiger partial charge on any atom is 0.346 e. The molecule has 0 N–H and O–H groups in total. The monoisotopic (exact) mass is 280 g/mol. The SMILES string of the molecule is CCOc1cc([N+](=O)[O-])c(C(=O)OCC#N)cc1OC. The van der Waals surface area contributed by atoms with E-state index in [0.29, 0.717) is 0 Å². The zero-order valence-electron chi connectivity index (χ0n) is 10.9. The van der Waals surface area contributed by atoms with E-state index >= 15 is 0 Å². The second kappa shape index (κ2) is 6.94. The lowest BCUT2D eigenvalue weighted by atomic mass is 10.1. The Bertz CT molecular complexity index is 564. The van der Waals surface area contributed by atoms with Crippen LogP contribution in [0, 0.1) is 21.4 Å². The predicted molar refractivity (Wildman–Crippen MR) is 66.7 cm³/mol. The summed E-state index contributed by atoms with van der Waals surface area (Å²) in [5, 5.41) is 19.3. The number of carbonyl (C=O) groups excluding carboxylic acids is 1. The van der Waals surface area contributed by atoms with Crippen LogP contribution in [0.4, 0.5) is 5.69 Å². The molecule has 8 heteroatoms. The molecule has 1 aromatic carbocycles. The molecule has 1 aromatic rings. The number of nitriles is 1. The molecule has 20 heavy (non-hydrogen) atoms. The van der Waals surface area contributed by atoms with Gasteiger partial charge in [-0.1, -0.05) is 0 Å². The molecule has 0 heterocycles. The molecule has 0 unspecified atom stereocenters. The van der Waals surface area contributed by atoms with Gasteiger partial charge < -0.3 is 14.2 Å². The molecule has 0 bridgehead atoms. The van der Waals surface area contributed by atoms with E-state index in [4.69, 9.17) is 14.7 Å². The molecular formula is C12H12N2O6. The summed E-state index contributed by atoms with van der Waals surface area (Å²) < 4.78 is 14.8. The highest BCUT2D eigenvalue weighted by Gasteiger charge is 2.25. The number of nitro benzene ring substituents is 1. The number of hydrogen-bond acceptors (Lipinski definition) is 7. The third-order valence-corrected chi connectivity index (χ3v) is 2.27. The lowest BCUT2D eigenvalue weighted by Gasteiger charge is -2.11. The first kappa shape index (κ1) is 15.2. The number of benzene rings is 1. The first-order valence-corrected chi connectivity index (χ1v) is 5.58. The van der Waals surface area contributed by atoms with Gasteiger partial charge in [0.25, 0.3) is 5.69 Å². The highest BCUT2D eigenvalue weighted by molar-refractivity contribution is 5.95. The van der Waals surface area contributed by atoms with Gasteiger partial charge in [-0.2, -0.15) is 5.26 Å². The molecule has 8 nitrogen and oxygen atoms in total. The first-order valence-electron chi connectivity index (χ1n) is 5.58. The van der Waals surface area contributed by atoms with Crippen molar-refractivity contribution in [3.8, 4) is 17.6 Å². The van der Waals surface area contributed by atoms with Crippen LogP contribution in [0.2, 0.25) is 0 Å². The quantitative estimate of drug-likeness (QED) is 0.442. The van der Waals surface area contributed by atoms with Gasteiger partial charge in [0.2, 0.25) is 0 Å². The van der Waals surface area contributed by atoms with Gasteiger partial charge in [-0.05, 0) is 6.92 Å². The zero-order valence-corrected chi connectivity index (χ0v) is 10.9. The normalized spacial score (nSPS) is 9.45. The van der Waals surface area contributed by atoms with Crippen molar-refractivity contribution in [1.82, 2.24) is 0 Å². The van der Waals surface area contributed by atoms with Crippen molar-refractivity contribution < 1.29 is 23.9 Å². The second-order valence-electron chi connectivity index (χ2n) is 3.44. The van der Waals surface area contributed by atoms with Crippen molar-refractivity contribution in [2.75, 3.05) is 20.3 Å². The van der Waals surface area contributed by atoms with Gasteiger partial charge in [0.1, 0.15) is 11.6 Å². The topological polar surface area (TPSA) is 112 Å². The van der Waals surface area contributed by atoms with Crippen molar-refractivity contribution >= 4 is 11.7 Å². The molecule has 0 saturated heterocycles. The number of esters is 1. The third-order valence-electron chi connectivity index (χ3n) is 2.27. The van der Waals surface area contributed by atoms with Gasteiger partial charge in [-0.25, -0.2) is 4.79 Å². The lowest BCUT2D eigenvalue weighted by molar-refractivity contribution is -0.385. The molecule has 0 saturated carbocycles. The summed E-state index contributed by atoms with van der Waals surface area (Å²) in [6.07, 6.45) is 0. The van der Waals surface area contributed by atoms with Gasteiger partial charge in [0, 0.05) is 6.07 Å². The Morgan fingerprint density at radius 2 is 2.15 bits per heavy atom. The van der Waals surface area contributed by atoms with Gasteiger partial charge in [-0.3, -0.25) is 10.1 Å². The van der Waals surface area contributed by atoms with E-state index in [1.807, 2.05) is 0 Å². The molecule has 1 rings (SSSR count). The smallest absolute Gasteiger partial charge is 0.346 e. The second-order valence-corrected chi connectivity index (χ2v) is 3.44. The number of rotatable bonds is 6. The van der Waals surface area contributed by atoms with Crippen molar-refractivity contribution in [3.05, 3.63) is 27.8 Å². The Balaban J connectivity index is 3.31. The Kier molecular flexibility index (Phi) is 5.29. The standard InChI is InChI=1S/C12H12N2O6/c1-3-19-11-7-9(14(16)17)8(6-10(11)18-2)12(15)20-5-4-13/h6-7H,3,5H2,1-2H3. The van der Waals surface area contributed by atoms with Crippen LogP contribution in [-0.4, -0.2) is 31.2 Å². The molecule has 0 fully saturated rings. The Labute approximate surface area is 114 Å². The molecule has 0 amide bonds. The number of nitrogens with zero attached hydrogens (tertiary/aromatic N) is 2. The Morgan fingerprint density at radius 1 is 1.45 bits per heavy atom. The van der Waals surface area contributed by atoms with Gasteiger partial charge >= 0.3 is 5.97 Å². The average Bonchev–Trinajstić information content (AvgIpc) is 2.44. The minimum absolute atomic E-state index is 0.151. The van der Waals surface area contributed by atoms with Crippen molar-refractivity contribution in [1.29, 1.82) is 5.26 Å². The lowest BCUT2D eigenvalue weighted by Crippen LogP contribution is -2.09. The summed E-state index contributed by atoms with van der Waals surface area (Å²) in [6.45, 7) is 1.50. The maximum absolute atomic E-state index is 11.7. The van der Waals surface area contributed by atoms with Crippen LogP contribution in [0.5, 0.6) is 11.5 Å². The summed E-state index contributed by atoms with van der Waals surface area (Å²) in [5.74, 6) is -0.653. The number of ether oxygens (including phenoxy) is 3. The predicted octanol–water partition coefficient (Wildman–Crippen LogP) is 1.68. The minimum atomic E-state index is -0.973. The van der Waals surface area contributed by atoms with Crippen molar-refractivity contribution in [2.45, 2.75) is 6.92 Å². The summed E-state index contributed by atoms with van der Waals surface area (Å²) >= 11 is 0. The molecule has 0 aliphatic heterocycles. The number of carbonyl (C=O) groups is 1. The van der Waals surface area contributed by atoms with Crippen molar-refractivity contribution in [3.63, 3.8) is 0 Å². The van der Waals surface area contributed by atoms with Crippen LogP contribution < -0.4 is 9.47 Å². The number of methoxy groups -OCH3 is 1. The van der Waals surface area contributed by atoms with E-state index in [-0.39, 0.29) is 23.7 Å². The van der Waals surface area contributed by atoms with E-state index in [2.05, 4.69) is 4.74 Å². The molecule has 0 aromatic heterocycles. The van der Waals surface area contributed by atoms with Gasteiger partial charge in [-0.15, -0.1) is 0 Å². The van der Waals surface area contributed by atoms with Crippen LogP contribution in [0.25, 0.3) is 0 Å². The fraction of sp³-hybridized carbons (Fsp3) is 0.333. The molecule has 0 spiro atoms. The van der Waals surface area contributed by atoms with Crippen LogP contribution in [-0.2, 0) is 4.74 Å². The Hall–Kier alpha value is -2.82. The van der Waals surface area contributed by atoms with Crippen LogP contribution in [0.3, 0.4) is 0 Å². The fourth-order valence-electron chi connectivity index (χ4n) is 1.47. The van der Waals surface area contributed by atoms with Crippen LogP contribution >= 0.6 is 0 Å². The van der Waals surface area contributed by atoms with Gasteiger partial charge in [0.15, 0.2) is 18.1 Å². The zero-order chi connectivity index (χ0) is 15.1. The number of nitro groups is 1. The highest BCUT2D eigenvalue weighted by Crippen LogP contribution is 2.35. The average molecular weight is 280 g/mol. The van der Waals surface area contributed by atoms with Crippen molar-refractivity contribution in [2.24, 2.45) is 0 Å². The maximum atomic E-state index is 11.7. The largest absolute Gasteiger partial charge is 0.493 e. The molecule has 0 aliphatic rings. The van der Waals surface area contributed by atoms with E-state index < -0.39 is 23.2 Å². The summed E-state index contributed by atoms with van der Waals surface area (Å²) in [7, 11) is 1.34. The van der Waals surface area contributed by atoms with Crippen LogP contribution in [0.1, 0.15) is 17.3 Å². The highest BCUT2D eigenvalue weighted by atomic mass is 16.6. The third kappa shape index (κ3) is 3.35. The molecule has 0 atom stereocenters. The minimum Gasteiger partial charge on any atom is -0.493 e. The van der Waals surface area contributed by atoms with Gasteiger partial charge in [0.05, 0.1) is 24.7 Å². The fourth-order valence-corrected chi connectivity index (χ4v) is 1.47. The van der Waals surface area contributed by atoms with E-state index in [1.165, 1.54) is 7.11 Å². The molecular weight excluding hydrogens is 268 g/mol. The van der Waals surface area contributed by atoms with E-state index in [9.17, 15) is 14.9 Å². The summed E-state index contributed by atoms with van der Waals surface area (Å²) in [5.41, 5.74) is -0.775. The van der Waals surface area contributed by atoms with E-state index in [0.717, 1.165) is 12.1 Å². The summed E-state index contributed by atoms with van der Waals surface area (Å²) in [6, 6.07) is 3.85. The molecule has 106 valence electrons. The molecule has 0 radical (unpaired) electrons.